The maximum absolute atomic E-state index is 11.7. The van der Waals surface area contributed by atoms with E-state index in [2.05, 4.69) is 16.8 Å². The molecule has 0 aliphatic carbocycles. The number of hydrogen-bond acceptors (Lipinski definition) is 3. The number of benzene rings is 1. The maximum Gasteiger partial charge on any atom is 0.220 e. The van der Waals surface area contributed by atoms with Crippen molar-refractivity contribution in [2.45, 2.75) is 25.7 Å². The van der Waals surface area contributed by atoms with Crippen LogP contribution in [0.5, 0.6) is 5.75 Å². The molecule has 0 bridgehead atoms. The molecule has 0 unspecified atom stereocenters. The molecule has 1 aromatic carbocycles. The van der Waals surface area contributed by atoms with E-state index in [-0.39, 0.29) is 5.91 Å². The summed E-state index contributed by atoms with van der Waals surface area (Å²) >= 11 is 1.75. The summed E-state index contributed by atoms with van der Waals surface area (Å²) in [6.07, 6.45) is 3.32. The fourth-order valence-corrected chi connectivity index (χ4v) is 2.72. The zero-order valence-electron chi connectivity index (χ0n) is 12.1. The van der Waals surface area contributed by atoms with Gasteiger partial charge in [0.15, 0.2) is 0 Å². The molecule has 0 saturated carbocycles. The Morgan fingerprint density at radius 1 is 1.10 bits per heavy atom. The van der Waals surface area contributed by atoms with Crippen LogP contribution in [0.4, 0.5) is 0 Å². The van der Waals surface area contributed by atoms with Crippen LogP contribution in [-0.4, -0.2) is 19.1 Å². The van der Waals surface area contributed by atoms with Gasteiger partial charge in [-0.05, 0) is 42.8 Å². The summed E-state index contributed by atoms with van der Waals surface area (Å²) < 4.78 is 5.57. The predicted octanol–water partition coefficient (Wildman–Crippen LogP) is 3.66. The summed E-state index contributed by atoms with van der Waals surface area (Å²) in [6, 6.07) is 13.9. The van der Waals surface area contributed by atoms with Crippen molar-refractivity contribution >= 4 is 17.2 Å². The third kappa shape index (κ3) is 6.45. The SMILES string of the molecule is O=C(CCCc1cccs1)NCCCOc1ccccc1. The van der Waals surface area contributed by atoms with Crippen LogP contribution in [0.25, 0.3) is 0 Å². The summed E-state index contributed by atoms with van der Waals surface area (Å²) in [6.45, 7) is 1.30. The van der Waals surface area contributed by atoms with E-state index in [4.69, 9.17) is 4.74 Å². The summed E-state index contributed by atoms with van der Waals surface area (Å²) in [5.74, 6) is 1.01. The number of amides is 1. The molecule has 0 fully saturated rings. The first kappa shape index (κ1) is 15.6. The quantitative estimate of drug-likeness (QED) is 0.718. The number of para-hydroxylation sites is 1. The van der Waals surface area contributed by atoms with Crippen LogP contribution in [0.3, 0.4) is 0 Å². The molecule has 4 heteroatoms. The Balaban J connectivity index is 1.47. The van der Waals surface area contributed by atoms with Gasteiger partial charge in [0, 0.05) is 17.8 Å². The van der Waals surface area contributed by atoms with Gasteiger partial charge in [-0.25, -0.2) is 0 Å². The normalized spacial score (nSPS) is 10.3. The van der Waals surface area contributed by atoms with Crippen molar-refractivity contribution in [3.63, 3.8) is 0 Å². The zero-order chi connectivity index (χ0) is 14.8. The molecule has 0 aliphatic rings. The average molecular weight is 303 g/mol. The van der Waals surface area contributed by atoms with Crippen LogP contribution in [0.15, 0.2) is 47.8 Å². The molecule has 0 saturated heterocycles. The molecule has 0 spiro atoms. The first-order valence-electron chi connectivity index (χ1n) is 7.31. The molecular weight excluding hydrogens is 282 g/mol. The van der Waals surface area contributed by atoms with Crippen LogP contribution >= 0.6 is 11.3 Å². The average Bonchev–Trinajstić information content (AvgIpc) is 3.01. The second-order valence-corrected chi connectivity index (χ2v) is 5.83. The van der Waals surface area contributed by atoms with E-state index in [9.17, 15) is 4.79 Å². The van der Waals surface area contributed by atoms with Gasteiger partial charge in [-0.1, -0.05) is 24.3 Å². The van der Waals surface area contributed by atoms with Gasteiger partial charge in [0.05, 0.1) is 6.61 Å². The third-order valence-corrected chi connectivity index (χ3v) is 4.00. The summed E-state index contributed by atoms with van der Waals surface area (Å²) in [4.78, 5) is 13.0. The molecule has 2 rings (SSSR count). The van der Waals surface area contributed by atoms with Gasteiger partial charge in [-0.2, -0.15) is 0 Å². The monoisotopic (exact) mass is 303 g/mol. The lowest BCUT2D eigenvalue weighted by atomic mass is 10.2. The van der Waals surface area contributed by atoms with E-state index in [0.29, 0.717) is 19.6 Å². The molecule has 0 atom stereocenters. The Hall–Kier alpha value is -1.81. The first-order chi connectivity index (χ1) is 10.3. The van der Waals surface area contributed by atoms with Gasteiger partial charge in [0.1, 0.15) is 5.75 Å². The Morgan fingerprint density at radius 3 is 2.71 bits per heavy atom. The molecule has 0 aliphatic heterocycles. The number of carbonyl (C=O) groups is 1. The maximum atomic E-state index is 11.7. The lowest BCUT2D eigenvalue weighted by Gasteiger charge is -2.07. The van der Waals surface area contributed by atoms with Crippen molar-refractivity contribution in [3.8, 4) is 5.75 Å². The fourth-order valence-electron chi connectivity index (χ4n) is 1.97. The van der Waals surface area contributed by atoms with E-state index in [1.54, 1.807) is 11.3 Å². The molecule has 0 radical (unpaired) electrons. The summed E-state index contributed by atoms with van der Waals surface area (Å²) in [5.41, 5.74) is 0. The Kier molecular flexibility index (Phi) is 6.81. The highest BCUT2D eigenvalue weighted by molar-refractivity contribution is 7.09. The van der Waals surface area contributed by atoms with Crippen molar-refractivity contribution in [2.75, 3.05) is 13.2 Å². The largest absolute Gasteiger partial charge is 0.494 e. The predicted molar refractivity (Wildman–Crippen MR) is 86.8 cm³/mol. The minimum Gasteiger partial charge on any atom is -0.494 e. The highest BCUT2D eigenvalue weighted by atomic mass is 32.1. The molecule has 1 N–H and O–H groups in total. The van der Waals surface area contributed by atoms with Gasteiger partial charge in [0.25, 0.3) is 0 Å². The van der Waals surface area contributed by atoms with Crippen molar-refractivity contribution in [3.05, 3.63) is 52.7 Å². The molecule has 1 amide bonds. The van der Waals surface area contributed by atoms with E-state index in [1.807, 2.05) is 36.4 Å². The van der Waals surface area contributed by atoms with Crippen LogP contribution < -0.4 is 10.1 Å². The second kappa shape index (κ2) is 9.19. The lowest BCUT2D eigenvalue weighted by Crippen LogP contribution is -2.25. The second-order valence-electron chi connectivity index (χ2n) is 4.80. The number of thiophene rings is 1. The van der Waals surface area contributed by atoms with Crippen molar-refractivity contribution < 1.29 is 9.53 Å². The van der Waals surface area contributed by atoms with Crippen LogP contribution in [-0.2, 0) is 11.2 Å². The molecule has 1 heterocycles. The molecular formula is C17H21NO2S. The first-order valence-corrected chi connectivity index (χ1v) is 8.19. The summed E-state index contributed by atoms with van der Waals surface area (Å²) in [7, 11) is 0. The fraction of sp³-hybridized carbons (Fsp3) is 0.353. The molecule has 1 aromatic heterocycles. The topological polar surface area (TPSA) is 38.3 Å². The third-order valence-electron chi connectivity index (χ3n) is 3.06. The molecule has 2 aromatic rings. The van der Waals surface area contributed by atoms with E-state index < -0.39 is 0 Å². The van der Waals surface area contributed by atoms with Crippen molar-refractivity contribution in [2.24, 2.45) is 0 Å². The molecule has 21 heavy (non-hydrogen) atoms. The van der Waals surface area contributed by atoms with Crippen molar-refractivity contribution in [1.82, 2.24) is 5.32 Å². The molecule has 3 nitrogen and oxygen atoms in total. The highest BCUT2D eigenvalue weighted by Gasteiger charge is 2.01. The van der Waals surface area contributed by atoms with Crippen molar-refractivity contribution in [1.29, 1.82) is 0 Å². The number of ether oxygens (including phenoxy) is 1. The highest BCUT2D eigenvalue weighted by Crippen LogP contribution is 2.11. The summed E-state index contributed by atoms with van der Waals surface area (Å²) in [5, 5.41) is 5.01. The van der Waals surface area contributed by atoms with Gasteiger partial charge < -0.3 is 10.1 Å². The number of carbonyl (C=O) groups excluding carboxylic acids is 1. The van der Waals surface area contributed by atoms with E-state index >= 15 is 0 Å². The van der Waals surface area contributed by atoms with E-state index in [1.165, 1.54) is 4.88 Å². The van der Waals surface area contributed by atoms with Crippen LogP contribution in [0.1, 0.15) is 24.1 Å². The number of hydrogen-bond donors (Lipinski definition) is 1. The van der Waals surface area contributed by atoms with Gasteiger partial charge >= 0.3 is 0 Å². The zero-order valence-corrected chi connectivity index (χ0v) is 12.9. The lowest BCUT2D eigenvalue weighted by molar-refractivity contribution is -0.121. The Labute approximate surface area is 130 Å². The number of aryl methyl sites for hydroxylation is 1. The minimum atomic E-state index is 0.131. The minimum absolute atomic E-state index is 0.131. The number of rotatable bonds is 9. The smallest absolute Gasteiger partial charge is 0.220 e. The van der Waals surface area contributed by atoms with Gasteiger partial charge in [0.2, 0.25) is 5.91 Å². The van der Waals surface area contributed by atoms with Crippen LogP contribution in [0, 0.1) is 0 Å². The van der Waals surface area contributed by atoms with E-state index in [0.717, 1.165) is 25.0 Å². The van der Waals surface area contributed by atoms with Gasteiger partial charge in [-0.15, -0.1) is 11.3 Å². The van der Waals surface area contributed by atoms with Crippen LogP contribution in [0.2, 0.25) is 0 Å². The van der Waals surface area contributed by atoms with Gasteiger partial charge in [-0.3, -0.25) is 4.79 Å². The molecule has 112 valence electrons. The standard InChI is InChI=1S/C17H21NO2S/c19-17(11-4-9-16-10-5-14-21-16)18-12-6-13-20-15-7-2-1-3-8-15/h1-3,5,7-8,10,14H,4,6,9,11-13H2,(H,18,19). The Bertz CT molecular complexity index is 511. The number of nitrogens with one attached hydrogen (secondary N) is 1. The Morgan fingerprint density at radius 2 is 1.95 bits per heavy atom.